The van der Waals surface area contributed by atoms with E-state index in [9.17, 15) is 14.4 Å². The Hall–Kier alpha value is -3.29. The molecular formula is C26H33NO7. The van der Waals surface area contributed by atoms with Gasteiger partial charge in [-0.25, -0.2) is 4.79 Å². The lowest BCUT2D eigenvalue weighted by Gasteiger charge is -2.38. The van der Waals surface area contributed by atoms with Crippen LogP contribution in [0.5, 0.6) is 11.5 Å². The number of Topliss-reactive ketones (excluding diaryl/α,β-unsaturated/α-hetero) is 1. The van der Waals surface area contributed by atoms with Crippen LogP contribution in [0, 0.1) is 11.8 Å². The van der Waals surface area contributed by atoms with Gasteiger partial charge in [0.25, 0.3) is 0 Å². The maximum absolute atomic E-state index is 13.7. The first-order valence-corrected chi connectivity index (χ1v) is 11.6. The number of carbonyl (C=O) groups excluding carboxylic acids is 3. The highest BCUT2D eigenvalue weighted by atomic mass is 16.5. The summed E-state index contributed by atoms with van der Waals surface area (Å²) in [7, 11) is 2.81. The van der Waals surface area contributed by atoms with Crippen molar-refractivity contribution < 1.29 is 33.3 Å². The lowest BCUT2D eigenvalue weighted by Crippen LogP contribution is -2.43. The van der Waals surface area contributed by atoms with Gasteiger partial charge >= 0.3 is 11.9 Å². The van der Waals surface area contributed by atoms with Crippen LogP contribution in [0.2, 0.25) is 0 Å². The fourth-order valence-electron chi connectivity index (χ4n) is 4.70. The molecule has 0 fully saturated rings. The third-order valence-electron chi connectivity index (χ3n) is 6.22. The van der Waals surface area contributed by atoms with Gasteiger partial charge in [0.1, 0.15) is 5.92 Å². The van der Waals surface area contributed by atoms with E-state index in [1.165, 1.54) is 14.2 Å². The average molecular weight is 472 g/mol. The van der Waals surface area contributed by atoms with Crippen LogP contribution in [0.15, 0.2) is 40.7 Å². The molecule has 0 saturated carbocycles. The lowest BCUT2D eigenvalue weighted by molar-refractivity contribution is -0.151. The van der Waals surface area contributed by atoms with Crippen molar-refractivity contribution in [3.8, 4) is 11.5 Å². The van der Waals surface area contributed by atoms with Crippen molar-refractivity contribution in [2.45, 2.75) is 46.5 Å². The number of hydrogen-bond donors (Lipinski definition) is 1. The van der Waals surface area contributed by atoms with Gasteiger partial charge in [0.05, 0.1) is 33.0 Å². The molecule has 3 atom stereocenters. The molecule has 1 heterocycles. The Morgan fingerprint density at radius 2 is 1.88 bits per heavy atom. The average Bonchev–Trinajstić information content (AvgIpc) is 2.81. The minimum Gasteiger partial charge on any atom is -0.493 e. The van der Waals surface area contributed by atoms with Crippen LogP contribution in [0.4, 0.5) is 0 Å². The SMILES string of the molecule is CCCOC(=O)C1=C(C)NC2=C(C(=O)[C@@H](C(=O)OC)[C@@H](C)C2)[C@@H]1c1ccc(OCC)c(OC)c1. The number of ether oxygens (including phenoxy) is 4. The van der Waals surface area contributed by atoms with E-state index in [2.05, 4.69) is 5.32 Å². The third kappa shape index (κ3) is 4.67. The van der Waals surface area contributed by atoms with Gasteiger partial charge in [0.15, 0.2) is 17.3 Å². The molecule has 1 aromatic carbocycles. The molecule has 0 saturated heterocycles. The standard InChI is InChI=1S/C26H33NO7/c1-7-11-34-26(30)21-15(4)27-17-12-14(3)20(25(29)32-6)24(28)23(17)22(21)16-9-10-18(33-8-2)19(13-16)31-5/h9-10,13-14,20,22,27H,7-8,11-12H2,1-6H3/t14-,20-,22+/m0/s1. The van der Waals surface area contributed by atoms with Crippen LogP contribution in [0.1, 0.15) is 52.0 Å². The highest BCUT2D eigenvalue weighted by molar-refractivity contribution is 6.12. The largest absolute Gasteiger partial charge is 0.493 e. The molecule has 0 spiro atoms. The van der Waals surface area contributed by atoms with E-state index < -0.39 is 23.8 Å². The quantitative estimate of drug-likeness (QED) is 0.453. The van der Waals surface area contributed by atoms with Gasteiger partial charge in [-0.3, -0.25) is 9.59 Å². The zero-order chi connectivity index (χ0) is 25.0. The maximum Gasteiger partial charge on any atom is 0.336 e. The Morgan fingerprint density at radius 1 is 1.15 bits per heavy atom. The molecule has 3 rings (SSSR count). The van der Waals surface area contributed by atoms with Gasteiger partial charge in [-0.05, 0) is 50.3 Å². The fourth-order valence-corrected chi connectivity index (χ4v) is 4.70. The molecule has 0 amide bonds. The number of nitrogens with one attached hydrogen (secondary N) is 1. The number of ketones is 1. The maximum atomic E-state index is 13.7. The smallest absolute Gasteiger partial charge is 0.336 e. The molecular weight excluding hydrogens is 438 g/mol. The number of carbonyl (C=O) groups is 3. The molecule has 0 bridgehead atoms. The molecule has 1 N–H and O–H groups in total. The molecule has 1 aliphatic heterocycles. The number of allylic oxidation sites excluding steroid dienone is 3. The second kappa shape index (κ2) is 10.8. The van der Waals surface area contributed by atoms with Crippen molar-refractivity contribution >= 4 is 17.7 Å². The second-order valence-electron chi connectivity index (χ2n) is 8.51. The summed E-state index contributed by atoms with van der Waals surface area (Å²) in [6, 6.07) is 5.34. The van der Waals surface area contributed by atoms with Crippen LogP contribution >= 0.6 is 0 Å². The molecule has 8 nitrogen and oxygen atoms in total. The molecule has 2 aliphatic rings. The topological polar surface area (TPSA) is 100 Å². The zero-order valence-electron chi connectivity index (χ0n) is 20.7. The highest BCUT2D eigenvalue weighted by Gasteiger charge is 2.47. The first kappa shape index (κ1) is 25.3. The number of methoxy groups -OCH3 is 2. The van der Waals surface area contributed by atoms with Gasteiger partial charge in [-0.1, -0.05) is 19.9 Å². The summed E-state index contributed by atoms with van der Waals surface area (Å²) in [5.74, 6) is -2.29. The summed E-state index contributed by atoms with van der Waals surface area (Å²) in [5.41, 5.74) is 2.72. The monoisotopic (exact) mass is 471 g/mol. The predicted molar refractivity (Wildman–Crippen MR) is 125 cm³/mol. The molecule has 34 heavy (non-hydrogen) atoms. The van der Waals surface area contributed by atoms with E-state index in [0.29, 0.717) is 59.1 Å². The summed E-state index contributed by atoms with van der Waals surface area (Å²) >= 11 is 0. The Balaban J connectivity index is 2.19. The van der Waals surface area contributed by atoms with Crippen molar-refractivity contribution in [2.24, 2.45) is 11.8 Å². The minimum atomic E-state index is -0.941. The molecule has 184 valence electrons. The number of hydrogen-bond acceptors (Lipinski definition) is 8. The summed E-state index contributed by atoms with van der Waals surface area (Å²) in [6.45, 7) is 8.16. The molecule has 8 heteroatoms. The highest BCUT2D eigenvalue weighted by Crippen LogP contribution is 2.46. The van der Waals surface area contributed by atoms with Crippen molar-refractivity contribution in [1.82, 2.24) is 5.32 Å². The van der Waals surface area contributed by atoms with E-state index in [4.69, 9.17) is 18.9 Å². The first-order valence-electron chi connectivity index (χ1n) is 11.6. The fraction of sp³-hybridized carbons (Fsp3) is 0.500. The van der Waals surface area contributed by atoms with Crippen LogP contribution in [0.3, 0.4) is 0 Å². The van der Waals surface area contributed by atoms with Crippen molar-refractivity contribution in [3.63, 3.8) is 0 Å². The number of esters is 2. The van der Waals surface area contributed by atoms with E-state index in [-0.39, 0.29) is 18.3 Å². The van der Waals surface area contributed by atoms with Crippen LogP contribution in [0.25, 0.3) is 0 Å². The normalized spacial score (nSPS) is 22.1. The Labute approximate surface area is 200 Å². The number of benzene rings is 1. The number of dihydropyridines is 1. The van der Waals surface area contributed by atoms with Gasteiger partial charge in [0.2, 0.25) is 0 Å². The van der Waals surface area contributed by atoms with E-state index >= 15 is 0 Å². The molecule has 0 aromatic heterocycles. The Kier molecular flexibility index (Phi) is 8.02. The van der Waals surface area contributed by atoms with Crippen molar-refractivity contribution in [2.75, 3.05) is 27.4 Å². The summed E-state index contributed by atoms with van der Waals surface area (Å²) < 4.78 is 21.6. The van der Waals surface area contributed by atoms with E-state index in [0.717, 1.165) is 0 Å². The van der Waals surface area contributed by atoms with Crippen LogP contribution in [-0.2, 0) is 23.9 Å². The van der Waals surface area contributed by atoms with Crippen LogP contribution < -0.4 is 14.8 Å². The first-order chi connectivity index (χ1) is 16.3. The van der Waals surface area contributed by atoms with Crippen molar-refractivity contribution in [3.05, 3.63) is 46.3 Å². The zero-order valence-corrected chi connectivity index (χ0v) is 20.7. The molecule has 1 aromatic rings. The third-order valence-corrected chi connectivity index (χ3v) is 6.22. The molecule has 0 radical (unpaired) electrons. The number of rotatable bonds is 8. The Morgan fingerprint density at radius 3 is 2.50 bits per heavy atom. The van der Waals surface area contributed by atoms with Crippen LogP contribution in [-0.4, -0.2) is 45.2 Å². The van der Waals surface area contributed by atoms with Gasteiger partial charge in [-0.2, -0.15) is 0 Å². The van der Waals surface area contributed by atoms with Gasteiger partial charge in [-0.15, -0.1) is 0 Å². The summed E-state index contributed by atoms with van der Waals surface area (Å²) in [4.78, 5) is 39.4. The van der Waals surface area contributed by atoms with E-state index in [1.807, 2.05) is 26.8 Å². The molecule has 1 aliphatic carbocycles. The second-order valence-corrected chi connectivity index (χ2v) is 8.51. The predicted octanol–water partition coefficient (Wildman–Crippen LogP) is 3.66. The van der Waals surface area contributed by atoms with Gasteiger partial charge in [0, 0.05) is 22.9 Å². The Bertz CT molecular complexity index is 1040. The van der Waals surface area contributed by atoms with Crippen molar-refractivity contribution in [1.29, 1.82) is 0 Å². The van der Waals surface area contributed by atoms with E-state index in [1.54, 1.807) is 19.1 Å². The minimum absolute atomic E-state index is 0.247. The van der Waals surface area contributed by atoms with Gasteiger partial charge < -0.3 is 24.3 Å². The lowest BCUT2D eigenvalue weighted by atomic mass is 9.69. The molecule has 0 unspecified atom stereocenters. The summed E-state index contributed by atoms with van der Waals surface area (Å²) in [5, 5.41) is 3.25. The summed E-state index contributed by atoms with van der Waals surface area (Å²) in [6.07, 6.45) is 1.14.